The Balaban J connectivity index is 1.91. The van der Waals surface area contributed by atoms with Crippen LogP contribution < -0.4 is 11.1 Å². The summed E-state index contributed by atoms with van der Waals surface area (Å²) in [6.45, 7) is 3.76. The summed E-state index contributed by atoms with van der Waals surface area (Å²) in [6.07, 6.45) is -0.464. The van der Waals surface area contributed by atoms with Gasteiger partial charge in [-0.25, -0.2) is 4.39 Å². The molecule has 3 unspecified atom stereocenters. The minimum Gasteiger partial charge on any atom is -0.388 e. The molecular weight excluding hydrogens is 307 g/mol. The second-order valence-corrected chi connectivity index (χ2v) is 6.10. The summed E-state index contributed by atoms with van der Waals surface area (Å²) in [4.78, 5) is 12.2. The Hall–Kier alpha value is -2.24. The lowest BCUT2D eigenvalue weighted by Gasteiger charge is -2.20. The maximum Gasteiger partial charge on any atom is 0.241 e. The molecule has 24 heavy (non-hydrogen) atoms. The van der Waals surface area contributed by atoms with Gasteiger partial charge in [-0.2, -0.15) is 0 Å². The molecule has 5 heteroatoms. The van der Waals surface area contributed by atoms with Gasteiger partial charge in [0.1, 0.15) is 11.9 Å². The van der Waals surface area contributed by atoms with Crippen LogP contribution >= 0.6 is 0 Å². The molecule has 0 aliphatic rings. The van der Waals surface area contributed by atoms with Gasteiger partial charge in [0, 0.05) is 6.04 Å². The van der Waals surface area contributed by atoms with Crippen LogP contribution in [0.2, 0.25) is 0 Å². The molecule has 0 heterocycles. The molecular formula is C19H23FN2O2. The highest BCUT2D eigenvalue weighted by molar-refractivity contribution is 5.83. The molecule has 2 rings (SSSR count). The topological polar surface area (TPSA) is 75.4 Å². The number of amides is 1. The van der Waals surface area contributed by atoms with E-state index in [0.717, 1.165) is 11.1 Å². The SMILES string of the molecule is Cc1ccc(C(N)C(=O)NC(C)CC(O)c2ccc(F)cc2)cc1. The first-order valence-electron chi connectivity index (χ1n) is 7.93. The molecule has 4 nitrogen and oxygen atoms in total. The van der Waals surface area contributed by atoms with E-state index in [9.17, 15) is 14.3 Å². The first-order chi connectivity index (χ1) is 11.4. The van der Waals surface area contributed by atoms with E-state index >= 15 is 0 Å². The standard InChI is InChI=1S/C19H23FN2O2/c1-12-3-5-15(6-4-12)18(21)19(24)22-13(2)11-17(23)14-7-9-16(20)10-8-14/h3-10,13,17-18,23H,11,21H2,1-2H3,(H,22,24). The fraction of sp³-hybridized carbons (Fsp3) is 0.316. The molecule has 128 valence electrons. The molecule has 1 amide bonds. The number of hydrogen-bond donors (Lipinski definition) is 3. The van der Waals surface area contributed by atoms with Crippen molar-refractivity contribution in [2.75, 3.05) is 0 Å². The molecule has 4 N–H and O–H groups in total. The molecule has 0 aliphatic carbocycles. The molecule has 0 saturated heterocycles. The van der Waals surface area contributed by atoms with Crippen LogP contribution in [-0.4, -0.2) is 17.1 Å². The average molecular weight is 330 g/mol. The Bertz CT molecular complexity index is 671. The Morgan fingerprint density at radius 3 is 2.25 bits per heavy atom. The number of aryl methyl sites for hydroxylation is 1. The maximum absolute atomic E-state index is 12.9. The van der Waals surface area contributed by atoms with Crippen molar-refractivity contribution >= 4 is 5.91 Å². The van der Waals surface area contributed by atoms with Crippen LogP contribution in [-0.2, 0) is 4.79 Å². The number of halogens is 1. The Morgan fingerprint density at radius 2 is 1.67 bits per heavy atom. The van der Waals surface area contributed by atoms with Crippen LogP contribution in [0.5, 0.6) is 0 Å². The summed E-state index contributed by atoms with van der Waals surface area (Å²) in [5.74, 6) is -0.644. The molecule has 0 radical (unpaired) electrons. The number of hydrogen-bond acceptors (Lipinski definition) is 3. The van der Waals surface area contributed by atoms with Gasteiger partial charge in [0.05, 0.1) is 6.10 Å². The lowest BCUT2D eigenvalue weighted by molar-refractivity contribution is -0.123. The first-order valence-corrected chi connectivity index (χ1v) is 7.93. The first kappa shape index (κ1) is 18.1. The molecule has 0 spiro atoms. The van der Waals surface area contributed by atoms with Crippen molar-refractivity contribution in [1.29, 1.82) is 0 Å². The number of carbonyl (C=O) groups is 1. The molecule has 0 aromatic heterocycles. The summed E-state index contributed by atoms with van der Waals surface area (Å²) in [5, 5.41) is 13.0. The van der Waals surface area contributed by atoms with E-state index in [4.69, 9.17) is 5.73 Å². The van der Waals surface area contributed by atoms with Crippen LogP contribution in [0.4, 0.5) is 4.39 Å². The lowest BCUT2D eigenvalue weighted by atomic mass is 10.0. The Morgan fingerprint density at radius 1 is 1.12 bits per heavy atom. The second-order valence-electron chi connectivity index (χ2n) is 6.10. The zero-order valence-electron chi connectivity index (χ0n) is 13.9. The summed E-state index contributed by atoms with van der Waals surface area (Å²) in [7, 11) is 0. The number of benzene rings is 2. The van der Waals surface area contributed by atoms with E-state index in [-0.39, 0.29) is 17.8 Å². The molecule has 0 bridgehead atoms. The van der Waals surface area contributed by atoms with E-state index in [1.165, 1.54) is 24.3 Å². The zero-order valence-corrected chi connectivity index (χ0v) is 13.9. The third-order valence-corrected chi connectivity index (χ3v) is 3.94. The van der Waals surface area contributed by atoms with Crippen molar-refractivity contribution < 1.29 is 14.3 Å². The number of aliphatic hydroxyl groups is 1. The number of nitrogens with two attached hydrogens (primary N) is 1. The molecule has 2 aromatic rings. The van der Waals surface area contributed by atoms with Gasteiger partial charge in [0.2, 0.25) is 5.91 Å². The van der Waals surface area contributed by atoms with Gasteiger partial charge >= 0.3 is 0 Å². The summed E-state index contributed by atoms with van der Waals surface area (Å²) in [6, 6.07) is 12.1. The maximum atomic E-state index is 12.9. The van der Waals surface area contributed by atoms with E-state index < -0.39 is 12.1 Å². The number of nitrogens with one attached hydrogen (secondary N) is 1. The molecule has 2 aromatic carbocycles. The van der Waals surface area contributed by atoms with Gasteiger partial charge < -0.3 is 16.2 Å². The average Bonchev–Trinajstić information content (AvgIpc) is 2.55. The molecule has 0 aliphatic heterocycles. The van der Waals surface area contributed by atoms with Crippen molar-refractivity contribution in [3.63, 3.8) is 0 Å². The van der Waals surface area contributed by atoms with E-state index in [1.54, 1.807) is 6.92 Å². The number of rotatable bonds is 6. The predicted octanol–water partition coefficient (Wildman–Crippen LogP) is 2.76. The van der Waals surface area contributed by atoms with Gasteiger partial charge in [-0.15, -0.1) is 0 Å². The van der Waals surface area contributed by atoms with E-state index in [1.807, 2.05) is 31.2 Å². The minimum absolute atomic E-state index is 0.269. The van der Waals surface area contributed by atoms with Gasteiger partial charge in [-0.05, 0) is 43.5 Å². The number of carbonyl (C=O) groups excluding carboxylic acids is 1. The second kappa shape index (κ2) is 8.04. The highest BCUT2D eigenvalue weighted by Crippen LogP contribution is 2.19. The largest absolute Gasteiger partial charge is 0.388 e. The van der Waals surface area contributed by atoms with Gasteiger partial charge in [-0.1, -0.05) is 42.0 Å². The minimum atomic E-state index is -0.781. The van der Waals surface area contributed by atoms with Crippen LogP contribution in [0.25, 0.3) is 0 Å². The third-order valence-electron chi connectivity index (χ3n) is 3.94. The number of aliphatic hydroxyl groups excluding tert-OH is 1. The van der Waals surface area contributed by atoms with E-state index in [0.29, 0.717) is 12.0 Å². The van der Waals surface area contributed by atoms with Gasteiger partial charge in [-0.3, -0.25) is 4.79 Å². The van der Waals surface area contributed by atoms with Crippen molar-refractivity contribution in [1.82, 2.24) is 5.32 Å². The lowest BCUT2D eigenvalue weighted by Crippen LogP contribution is -2.40. The molecule has 3 atom stereocenters. The van der Waals surface area contributed by atoms with Crippen LogP contribution in [0.15, 0.2) is 48.5 Å². The third kappa shape index (κ3) is 4.88. The van der Waals surface area contributed by atoms with Gasteiger partial charge in [0.25, 0.3) is 0 Å². The van der Waals surface area contributed by atoms with Crippen LogP contribution in [0, 0.1) is 12.7 Å². The zero-order chi connectivity index (χ0) is 17.7. The van der Waals surface area contributed by atoms with Crippen LogP contribution in [0.3, 0.4) is 0 Å². The normalized spacial score (nSPS) is 14.7. The summed E-state index contributed by atoms with van der Waals surface area (Å²) < 4.78 is 12.9. The summed E-state index contributed by atoms with van der Waals surface area (Å²) in [5.41, 5.74) is 8.43. The van der Waals surface area contributed by atoms with E-state index in [2.05, 4.69) is 5.32 Å². The van der Waals surface area contributed by atoms with Crippen molar-refractivity contribution in [3.8, 4) is 0 Å². The fourth-order valence-corrected chi connectivity index (χ4v) is 2.47. The van der Waals surface area contributed by atoms with Crippen molar-refractivity contribution in [2.24, 2.45) is 5.73 Å². The predicted molar refractivity (Wildman–Crippen MR) is 91.7 cm³/mol. The van der Waals surface area contributed by atoms with Gasteiger partial charge in [0.15, 0.2) is 0 Å². The Kier molecular flexibility index (Phi) is 6.06. The summed E-state index contributed by atoms with van der Waals surface area (Å²) >= 11 is 0. The Labute approximate surface area is 141 Å². The molecule has 0 saturated carbocycles. The highest BCUT2D eigenvalue weighted by atomic mass is 19.1. The van der Waals surface area contributed by atoms with Crippen molar-refractivity contribution in [2.45, 2.75) is 38.5 Å². The quantitative estimate of drug-likeness (QED) is 0.762. The fourth-order valence-electron chi connectivity index (χ4n) is 2.47. The highest BCUT2D eigenvalue weighted by Gasteiger charge is 2.19. The smallest absolute Gasteiger partial charge is 0.241 e. The van der Waals surface area contributed by atoms with Crippen molar-refractivity contribution in [3.05, 3.63) is 71.0 Å². The monoisotopic (exact) mass is 330 g/mol. The van der Waals surface area contributed by atoms with Crippen LogP contribution in [0.1, 0.15) is 42.2 Å². The molecule has 0 fully saturated rings.